The van der Waals surface area contributed by atoms with E-state index >= 15 is 0 Å². The van der Waals surface area contributed by atoms with Gasteiger partial charge in [0.25, 0.3) is 0 Å². The predicted molar refractivity (Wildman–Crippen MR) is 52.7 cm³/mol. The lowest BCUT2D eigenvalue weighted by Gasteiger charge is -1.93. The van der Waals surface area contributed by atoms with Crippen LogP contribution in [0.15, 0.2) is 21.0 Å². The van der Waals surface area contributed by atoms with Crippen molar-refractivity contribution in [2.45, 2.75) is 11.7 Å². The Morgan fingerprint density at radius 3 is 3.00 bits per heavy atom. The predicted octanol–water partition coefficient (Wildman–Crippen LogP) is 1.20. The van der Waals surface area contributed by atoms with Crippen LogP contribution in [0.1, 0.15) is 0 Å². The van der Waals surface area contributed by atoms with E-state index in [0.29, 0.717) is 11.7 Å². The molecule has 0 unspecified atom stereocenters. The first-order valence-electron chi connectivity index (χ1n) is 3.18. The second-order valence-electron chi connectivity index (χ2n) is 2.11. The molecule has 0 amide bonds. The van der Waals surface area contributed by atoms with Crippen LogP contribution >= 0.6 is 27.7 Å². The third-order valence-corrected chi connectivity index (χ3v) is 2.00. The van der Waals surface area contributed by atoms with Gasteiger partial charge in [0.1, 0.15) is 0 Å². The molecule has 1 heterocycles. The first kappa shape index (κ1) is 9.60. The molecule has 1 rings (SSSR count). The summed E-state index contributed by atoms with van der Waals surface area (Å²) in [6, 6.07) is 0. The first-order valence-corrected chi connectivity index (χ1v) is 5.19. The van der Waals surface area contributed by atoms with Crippen LogP contribution in [-0.2, 0) is 6.54 Å². The van der Waals surface area contributed by atoms with Crippen molar-refractivity contribution in [2.24, 2.45) is 0 Å². The van der Waals surface area contributed by atoms with E-state index in [1.807, 2.05) is 6.26 Å². The normalized spacial score (nSPS) is 10.2. The minimum atomic E-state index is -0.208. The Hall–Kier alpha value is -0.490. The van der Waals surface area contributed by atoms with Gasteiger partial charge in [0.05, 0.1) is 6.54 Å². The Bertz CT molecular complexity index is 343. The molecule has 0 fully saturated rings. The lowest BCUT2D eigenvalue weighted by Crippen LogP contribution is -2.17. The molecule has 1 aromatic rings. The Morgan fingerprint density at radius 2 is 2.58 bits per heavy atom. The highest BCUT2D eigenvalue weighted by atomic mass is 79.9. The fourth-order valence-corrected chi connectivity index (χ4v) is 1.30. The van der Waals surface area contributed by atoms with Crippen molar-refractivity contribution < 1.29 is 0 Å². The molecular weight excluding hydrogens is 242 g/mol. The van der Waals surface area contributed by atoms with Crippen LogP contribution in [0.5, 0.6) is 0 Å². The Morgan fingerprint density at radius 1 is 1.92 bits per heavy atom. The zero-order valence-electron chi connectivity index (χ0n) is 6.50. The van der Waals surface area contributed by atoms with Crippen molar-refractivity contribution in [3.8, 4) is 0 Å². The maximum Gasteiger partial charge on any atom is 0.344 e. The van der Waals surface area contributed by atoms with E-state index < -0.39 is 0 Å². The van der Waals surface area contributed by atoms with E-state index in [9.17, 15) is 4.79 Å². The van der Waals surface area contributed by atoms with Crippen LogP contribution in [0.25, 0.3) is 0 Å². The average Bonchev–Trinajstić information content (AvgIpc) is 2.31. The summed E-state index contributed by atoms with van der Waals surface area (Å²) in [6.45, 7) is 4.02. The smallest absolute Gasteiger partial charge is 0.284 e. The third-order valence-electron chi connectivity index (χ3n) is 1.17. The minimum Gasteiger partial charge on any atom is -0.284 e. The van der Waals surface area contributed by atoms with Crippen molar-refractivity contribution in [2.75, 3.05) is 6.26 Å². The Kier molecular flexibility index (Phi) is 3.16. The lowest BCUT2D eigenvalue weighted by atomic mass is 10.6. The van der Waals surface area contributed by atoms with Gasteiger partial charge < -0.3 is 0 Å². The maximum atomic E-state index is 11.1. The van der Waals surface area contributed by atoms with Gasteiger partial charge in [-0.25, -0.2) is 9.48 Å². The minimum absolute atomic E-state index is 0.208. The van der Waals surface area contributed by atoms with Crippen LogP contribution in [0, 0.1) is 0 Å². The maximum absolute atomic E-state index is 11.1. The Balaban J connectivity index is 2.92. The van der Waals surface area contributed by atoms with Crippen molar-refractivity contribution in [1.29, 1.82) is 0 Å². The van der Waals surface area contributed by atoms with Gasteiger partial charge in [0.2, 0.25) is 0 Å². The number of allylic oxidation sites excluding steroid dienone is 1. The summed E-state index contributed by atoms with van der Waals surface area (Å²) in [7, 11) is 0. The number of nitrogens with one attached hydrogen (secondary N) is 1. The van der Waals surface area contributed by atoms with Crippen LogP contribution in [-0.4, -0.2) is 21.0 Å². The van der Waals surface area contributed by atoms with E-state index in [4.69, 9.17) is 0 Å². The fraction of sp³-hybridized carbons (Fsp3) is 0.333. The molecule has 1 N–H and O–H groups in total. The van der Waals surface area contributed by atoms with Gasteiger partial charge in [-0.1, -0.05) is 34.3 Å². The molecule has 66 valence electrons. The fourth-order valence-electron chi connectivity index (χ4n) is 0.698. The van der Waals surface area contributed by atoms with Gasteiger partial charge in [0, 0.05) is 4.48 Å². The molecule has 12 heavy (non-hydrogen) atoms. The largest absolute Gasteiger partial charge is 0.344 e. The standard InChI is InChI=1S/C6H8BrN3OS/c1-4(7)3-10-6(11)8-5(9-10)12-2/h1,3H2,2H3,(H,8,9,11). The van der Waals surface area contributed by atoms with E-state index in [-0.39, 0.29) is 5.69 Å². The summed E-state index contributed by atoms with van der Waals surface area (Å²) in [5.41, 5.74) is -0.208. The van der Waals surface area contributed by atoms with Crippen LogP contribution < -0.4 is 5.69 Å². The zero-order chi connectivity index (χ0) is 9.14. The molecule has 6 heteroatoms. The van der Waals surface area contributed by atoms with Gasteiger partial charge in [-0.05, 0) is 6.26 Å². The van der Waals surface area contributed by atoms with Gasteiger partial charge in [-0.2, -0.15) is 0 Å². The van der Waals surface area contributed by atoms with Crippen molar-refractivity contribution in [3.05, 3.63) is 21.5 Å². The van der Waals surface area contributed by atoms with Crippen LogP contribution in [0.3, 0.4) is 0 Å². The summed E-state index contributed by atoms with van der Waals surface area (Å²) >= 11 is 4.56. The van der Waals surface area contributed by atoms with Gasteiger partial charge in [-0.15, -0.1) is 5.10 Å². The van der Waals surface area contributed by atoms with E-state index in [1.165, 1.54) is 16.4 Å². The van der Waals surface area contributed by atoms with Gasteiger partial charge >= 0.3 is 5.69 Å². The highest BCUT2D eigenvalue weighted by molar-refractivity contribution is 9.11. The summed E-state index contributed by atoms with van der Waals surface area (Å²) < 4.78 is 2.05. The molecule has 1 aromatic heterocycles. The number of thioether (sulfide) groups is 1. The number of nitrogens with zero attached hydrogens (tertiary/aromatic N) is 2. The van der Waals surface area contributed by atoms with Crippen LogP contribution in [0.4, 0.5) is 0 Å². The molecule has 0 saturated carbocycles. The second kappa shape index (κ2) is 3.95. The van der Waals surface area contributed by atoms with E-state index in [1.54, 1.807) is 0 Å². The van der Waals surface area contributed by atoms with E-state index in [0.717, 1.165) is 4.48 Å². The molecule has 4 nitrogen and oxygen atoms in total. The summed E-state index contributed by atoms with van der Waals surface area (Å²) in [6.07, 6.45) is 1.85. The second-order valence-corrected chi connectivity index (χ2v) is 4.03. The number of H-pyrrole nitrogens is 1. The number of rotatable bonds is 3. The molecule has 0 aromatic carbocycles. The number of hydrogen-bond donors (Lipinski definition) is 1. The van der Waals surface area contributed by atoms with Crippen molar-refractivity contribution in [1.82, 2.24) is 14.8 Å². The summed E-state index contributed by atoms with van der Waals surface area (Å²) in [5, 5.41) is 4.61. The SMILES string of the molecule is C=C(Br)Cn1nc(SC)[nH]c1=O. The first-order chi connectivity index (χ1) is 5.63. The molecular formula is C6H8BrN3OS. The molecule has 0 radical (unpaired) electrons. The summed E-state index contributed by atoms with van der Waals surface area (Å²) in [4.78, 5) is 13.7. The van der Waals surface area contributed by atoms with E-state index in [2.05, 4.69) is 32.6 Å². The number of hydrogen-bond acceptors (Lipinski definition) is 3. The van der Waals surface area contributed by atoms with Crippen molar-refractivity contribution in [3.63, 3.8) is 0 Å². The van der Waals surface area contributed by atoms with Gasteiger partial charge in [0.15, 0.2) is 5.16 Å². The molecule has 0 aliphatic heterocycles. The quantitative estimate of drug-likeness (QED) is 0.820. The monoisotopic (exact) mass is 249 g/mol. The number of aromatic amines is 1. The third kappa shape index (κ3) is 2.25. The molecule has 0 aliphatic rings. The number of halogens is 1. The average molecular weight is 250 g/mol. The highest BCUT2D eigenvalue weighted by Gasteiger charge is 2.02. The molecule has 0 spiro atoms. The summed E-state index contributed by atoms with van der Waals surface area (Å²) in [5.74, 6) is 0. The van der Waals surface area contributed by atoms with Crippen molar-refractivity contribution >= 4 is 27.7 Å². The van der Waals surface area contributed by atoms with Gasteiger partial charge in [-0.3, -0.25) is 4.98 Å². The zero-order valence-corrected chi connectivity index (χ0v) is 8.91. The lowest BCUT2D eigenvalue weighted by molar-refractivity contribution is 0.655. The van der Waals surface area contributed by atoms with Crippen LogP contribution in [0.2, 0.25) is 0 Å². The molecule has 0 aliphatic carbocycles. The topological polar surface area (TPSA) is 50.7 Å². The Labute approximate surface area is 82.2 Å². The molecule has 0 saturated heterocycles. The highest BCUT2D eigenvalue weighted by Crippen LogP contribution is 2.06. The molecule has 0 bridgehead atoms. The molecule has 0 atom stereocenters. The number of aromatic nitrogens is 3.